The number of carbonyl (C=O) groups is 2. The number of rotatable bonds is 8. The smallest absolute Gasteiger partial charge is 0.307 e. The SMILES string of the molecule is CC#C[C@H](CC(=O)OC)c1ccc(O)cc1.CC/C(C)=C/[C@H](CC(=O)OC)c1ccc(O)cc1. The van der Waals surface area contributed by atoms with Crippen LogP contribution in [0.25, 0.3) is 0 Å². The molecule has 6 heteroatoms. The van der Waals surface area contributed by atoms with Crippen molar-refractivity contribution in [1.82, 2.24) is 0 Å². The van der Waals surface area contributed by atoms with Crippen molar-refractivity contribution in [3.8, 4) is 23.3 Å². The Morgan fingerprint density at radius 3 is 1.79 bits per heavy atom. The third-order valence-corrected chi connectivity index (χ3v) is 5.19. The van der Waals surface area contributed by atoms with Gasteiger partial charge in [-0.05, 0) is 55.7 Å². The molecule has 6 nitrogen and oxygen atoms in total. The summed E-state index contributed by atoms with van der Waals surface area (Å²) in [7, 11) is 2.75. The molecule has 34 heavy (non-hydrogen) atoms. The number of esters is 2. The van der Waals surface area contributed by atoms with E-state index < -0.39 is 0 Å². The van der Waals surface area contributed by atoms with Crippen LogP contribution in [-0.4, -0.2) is 36.4 Å². The highest BCUT2D eigenvalue weighted by Crippen LogP contribution is 2.26. The van der Waals surface area contributed by atoms with Crippen molar-refractivity contribution < 1.29 is 29.3 Å². The van der Waals surface area contributed by atoms with Gasteiger partial charge in [0.2, 0.25) is 0 Å². The van der Waals surface area contributed by atoms with Crippen molar-refractivity contribution in [2.75, 3.05) is 14.2 Å². The molecule has 2 aromatic rings. The van der Waals surface area contributed by atoms with E-state index in [0.717, 1.165) is 17.5 Å². The Balaban J connectivity index is 0.000000342. The number of phenols is 2. The van der Waals surface area contributed by atoms with Crippen molar-refractivity contribution in [3.05, 3.63) is 71.3 Å². The summed E-state index contributed by atoms with van der Waals surface area (Å²) >= 11 is 0. The van der Waals surface area contributed by atoms with Gasteiger partial charge in [0.25, 0.3) is 0 Å². The molecule has 0 radical (unpaired) electrons. The third kappa shape index (κ3) is 10.3. The van der Waals surface area contributed by atoms with Crippen molar-refractivity contribution in [3.63, 3.8) is 0 Å². The van der Waals surface area contributed by atoms with Crippen LogP contribution in [0.5, 0.6) is 11.5 Å². The number of benzene rings is 2. The normalized spacial score (nSPS) is 12.2. The van der Waals surface area contributed by atoms with Crippen LogP contribution < -0.4 is 0 Å². The number of carbonyl (C=O) groups excluding carboxylic acids is 2. The van der Waals surface area contributed by atoms with Gasteiger partial charge in [-0.25, -0.2) is 0 Å². The molecule has 182 valence electrons. The first-order valence-electron chi connectivity index (χ1n) is 11.0. The topological polar surface area (TPSA) is 93.1 Å². The average molecular weight is 467 g/mol. The quantitative estimate of drug-likeness (QED) is 0.305. The van der Waals surface area contributed by atoms with E-state index in [1.54, 1.807) is 43.3 Å². The Bertz CT molecular complexity index is 994. The predicted octanol–water partition coefficient (Wildman–Crippen LogP) is 5.46. The Kier molecular flexibility index (Phi) is 12.6. The lowest BCUT2D eigenvalue weighted by molar-refractivity contribution is -0.141. The zero-order valence-electron chi connectivity index (χ0n) is 20.5. The summed E-state index contributed by atoms with van der Waals surface area (Å²) in [5, 5.41) is 18.5. The van der Waals surface area contributed by atoms with Gasteiger partial charge in [-0.1, -0.05) is 48.8 Å². The number of phenolic OH excluding ortho intramolecular Hbond substituents is 2. The maximum absolute atomic E-state index is 11.4. The second-order valence-electron chi connectivity index (χ2n) is 7.66. The molecule has 0 aliphatic heterocycles. The summed E-state index contributed by atoms with van der Waals surface area (Å²) in [5.74, 6) is 5.47. The summed E-state index contributed by atoms with van der Waals surface area (Å²) in [6.45, 7) is 5.85. The van der Waals surface area contributed by atoms with E-state index in [1.807, 2.05) is 19.1 Å². The third-order valence-electron chi connectivity index (χ3n) is 5.19. The second-order valence-corrected chi connectivity index (χ2v) is 7.66. The van der Waals surface area contributed by atoms with Crippen LogP contribution in [0.4, 0.5) is 0 Å². The lowest BCUT2D eigenvalue weighted by Crippen LogP contribution is -2.07. The number of hydrogen-bond donors (Lipinski definition) is 2. The Morgan fingerprint density at radius 1 is 0.882 bits per heavy atom. The van der Waals surface area contributed by atoms with Gasteiger partial charge in [-0.3, -0.25) is 9.59 Å². The summed E-state index contributed by atoms with van der Waals surface area (Å²) in [6, 6.07) is 13.6. The van der Waals surface area contributed by atoms with E-state index in [2.05, 4.69) is 29.6 Å². The van der Waals surface area contributed by atoms with Crippen LogP contribution in [0.3, 0.4) is 0 Å². The van der Waals surface area contributed by atoms with Gasteiger partial charge in [0, 0.05) is 5.92 Å². The van der Waals surface area contributed by atoms with E-state index >= 15 is 0 Å². The summed E-state index contributed by atoms with van der Waals surface area (Å²) in [4.78, 5) is 22.6. The molecule has 0 amide bonds. The maximum atomic E-state index is 11.4. The minimum absolute atomic E-state index is 0.00185. The monoisotopic (exact) mass is 466 g/mol. The standard InChI is InChI=1S/C15H20O3.C13H14O3/c1-4-11(2)9-13(10-15(17)18-3)12-5-7-14(16)8-6-12;1-3-4-11(9-13(15)16-2)10-5-7-12(14)8-6-10/h5-9,13,16H,4,10H2,1-3H3;5-8,11,14H,9H2,1-2H3/b11-9+;/t13-;11-/m11/s1. The highest BCUT2D eigenvalue weighted by atomic mass is 16.5. The van der Waals surface area contributed by atoms with Crippen LogP contribution in [0, 0.1) is 11.8 Å². The molecule has 0 spiro atoms. The highest BCUT2D eigenvalue weighted by molar-refractivity contribution is 5.71. The minimum Gasteiger partial charge on any atom is -0.508 e. The molecular weight excluding hydrogens is 432 g/mol. The average Bonchev–Trinajstić information content (AvgIpc) is 2.84. The predicted molar refractivity (Wildman–Crippen MR) is 132 cm³/mol. The first kappa shape index (κ1) is 28.3. The lowest BCUT2D eigenvalue weighted by atomic mass is 9.93. The number of allylic oxidation sites excluding steroid dienone is 2. The van der Waals surface area contributed by atoms with E-state index in [9.17, 15) is 14.7 Å². The molecule has 2 aromatic carbocycles. The van der Waals surface area contributed by atoms with Crippen LogP contribution >= 0.6 is 0 Å². The highest BCUT2D eigenvalue weighted by Gasteiger charge is 2.15. The molecule has 0 aromatic heterocycles. The number of ether oxygens (including phenoxy) is 2. The van der Waals surface area contributed by atoms with Gasteiger partial charge in [0.05, 0.1) is 33.0 Å². The van der Waals surface area contributed by atoms with Crippen molar-refractivity contribution >= 4 is 11.9 Å². The first-order chi connectivity index (χ1) is 16.2. The van der Waals surface area contributed by atoms with Crippen LogP contribution in [-0.2, 0) is 19.1 Å². The number of aromatic hydroxyl groups is 2. The molecular formula is C28H34O6. The largest absolute Gasteiger partial charge is 0.508 e. The lowest BCUT2D eigenvalue weighted by Gasteiger charge is -2.13. The zero-order valence-corrected chi connectivity index (χ0v) is 20.5. The van der Waals surface area contributed by atoms with E-state index in [-0.39, 0.29) is 41.7 Å². The molecule has 0 saturated carbocycles. The van der Waals surface area contributed by atoms with E-state index in [0.29, 0.717) is 6.42 Å². The molecule has 0 heterocycles. The Morgan fingerprint density at radius 2 is 1.35 bits per heavy atom. The van der Waals surface area contributed by atoms with Gasteiger partial charge in [0.15, 0.2) is 0 Å². The van der Waals surface area contributed by atoms with Gasteiger partial charge in [-0.15, -0.1) is 5.92 Å². The van der Waals surface area contributed by atoms with Gasteiger partial charge >= 0.3 is 11.9 Å². The number of methoxy groups -OCH3 is 2. The summed E-state index contributed by atoms with van der Waals surface area (Å²) in [6.07, 6.45) is 3.58. The number of hydrogen-bond acceptors (Lipinski definition) is 6. The molecule has 0 unspecified atom stereocenters. The molecule has 0 aliphatic carbocycles. The van der Waals surface area contributed by atoms with Gasteiger partial charge in [0.1, 0.15) is 11.5 Å². The second kappa shape index (κ2) is 15.2. The molecule has 2 rings (SSSR count). The summed E-state index contributed by atoms with van der Waals surface area (Å²) < 4.78 is 9.34. The van der Waals surface area contributed by atoms with Gasteiger partial charge in [-0.2, -0.15) is 0 Å². The fourth-order valence-corrected chi connectivity index (χ4v) is 3.10. The van der Waals surface area contributed by atoms with Crippen molar-refractivity contribution in [2.45, 2.75) is 51.9 Å². The summed E-state index contributed by atoms with van der Waals surface area (Å²) in [5.41, 5.74) is 3.14. The molecule has 0 aliphatic rings. The van der Waals surface area contributed by atoms with E-state index in [1.165, 1.54) is 19.8 Å². The molecule has 0 saturated heterocycles. The fourth-order valence-electron chi connectivity index (χ4n) is 3.10. The molecule has 2 N–H and O–H groups in total. The van der Waals surface area contributed by atoms with Crippen LogP contribution in [0.15, 0.2) is 60.2 Å². The van der Waals surface area contributed by atoms with Crippen LogP contribution in [0.1, 0.15) is 63.0 Å². The van der Waals surface area contributed by atoms with E-state index in [4.69, 9.17) is 9.84 Å². The molecule has 0 fully saturated rings. The molecule has 0 bridgehead atoms. The Hall–Kier alpha value is -3.72. The first-order valence-corrected chi connectivity index (χ1v) is 11.0. The maximum Gasteiger partial charge on any atom is 0.307 e. The van der Waals surface area contributed by atoms with Gasteiger partial charge < -0.3 is 19.7 Å². The zero-order chi connectivity index (χ0) is 25.5. The Labute approximate surface area is 202 Å². The van der Waals surface area contributed by atoms with Crippen molar-refractivity contribution in [2.24, 2.45) is 0 Å². The minimum atomic E-state index is -0.291. The molecule has 2 atom stereocenters. The van der Waals surface area contributed by atoms with Crippen molar-refractivity contribution in [1.29, 1.82) is 0 Å². The van der Waals surface area contributed by atoms with Crippen LogP contribution in [0.2, 0.25) is 0 Å². The fraction of sp³-hybridized carbons (Fsp3) is 0.357.